The molecule has 0 radical (unpaired) electrons. The van der Waals surface area contributed by atoms with Gasteiger partial charge in [-0.2, -0.15) is 18.4 Å². The molecule has 2 amide bonds. The molecule has 3 heterocycles. The highest BCUT2D eigenvalue weighted by Gasteiger charge is 2.52. The minimum Gasteiger partial charge on any atom is -0.330 e. The smallest absolute Gasteiger partial charge is 0.330 e. The summed E-state index contributed by atoms with van der Waals surface area (Å²) in [5, 5.41) is 9.20. The van der Waals surface area contributed by atoms with Crippen LogP contribution in [0.4, 0.5) is 13.2 Å². The van der Waals surface area contributed by atoms with Gasteiger partial charge in [0.2, 0.25) is 11.8 Å². The number of carbonyl (C=O) groups excluding carboxylic acids is 2. The van der Waals surface area contributed by atoms with Crippen LogP contribution < -0.4 is 5.73 Å². The van der Waals surface area contributed by atoms with Gasteiger partial charge in [0.05, 0.1) is 29.8 Å². The third-order valence-corrected chi connectivity index (χ3v) is 6.88. The lowest BCUT2D eigenvalue weighted by molar-refractivity contribution is -0.143. The van der Waals surface area contributed by atoms with Gasteiger partial charge in [0, 0.05) is 25.7 Å². The lowest BCUT2D eigenvalue weighted by Gasteiger charge is -2.39. The van der Waals surface area contributed by atoms with Gasteiger partial charge < -0.3 is 15.5 Å². The maximum atomic E-state index is 13.5. The molecule has 1 aromatic rings. The average Bonchev–Trinajstić information content (AvgIpc) is 3.46. The van der Waals surface area contributed by atoms with E-state index in [0.29, 0.717) is 25.9 Å². The van der Waals surface area contributed by atoms with Crippen LogP contribution in [0.15, 0.2) is 24.3 Å². The first-order valence-corrected chi connectivity index (χ1v) is 10.8. The van der Waals surface area contributed by atoms with Crippen molar-refractivity contribution in [2.24, 2.45) is 5.73 Å². The van der Waals surface area contributed by atoms with E-state index < -0.39 is 35.9 Å². The molecule has 1 aromatic carbocycles. The molecule has 172 valence electrons. The van der Waals surface area contributed by atoms with Crippen molar-refractivity contribution < 1.29 is 22.8 Å². The highest BCUT2D eigenvalue weighted by atomic mass is 19.4. The van der Waals surface area contributed by atoms with E-state index in [9.17, 15) is 28.0 Å². The molecule has 3 aliphatic rings. The van der Waals surface area contributed by atoms with Crippen LogP contribution in [0.5, 0.6) is 0 Å². The van der Waals surface area contributed by atoms with E-state index in [2.05, 4.69) is 6.07 Å². The molecule has 0 saturated carbocycles. The summed E-state index contributed by atoms with van der Waals surface area (Å²) in [4.78, 5) is 30.7. The molecule has 3 saturated heterocycles. The molecule has 2 bridgehead atoms. The minimum atomic E-state index is -4.50. The summed E-state index contributed by atoms with van der Waals surface area (Å²) in [6, 6.07) is 4.70. The molecule has 1 unspecified atom stereocenters. The number of piperazine rings is 1. The molecular weight excluding hydrogens is 423 g/mol. The SMILES string of the molecule is C[C@H](c1ccccc1C(F)(F)F)N1C(=O)[C@H]2CC1CN2C[C@H](N)C(=O)N1CCC[C@H]1C#N. The Bertz CT molecular complexity index is 946. The van der Waals surface area contributed by atoms with Crippen molar-refractivity contribution in [3.63, 3.8) is 0 Å². The number of nitrogens with two attached hydrogens (primary N) is 1. The van der Waals surface area contributed by atoms with Crippen LogP contribution in [0, 0.1) is 11.3 Å². The van der Waals surface area contributed by atoms with Crippen molar-refractivity contribution in [2.75, 3.05) is 19.6 Å². The number of carbonyl (C=O) groups is 2. The lowest BCUT2D eigenvalue weighted by atomic mass is 9.99. The monoisotopic (exact) mass is 449 g/mol. The fraction of sp³-hybridized carbons (Fsp3) is 0.591. The number of hydrogen-bond acceptors (Lipinski definition) is 5. The van der Waals surface area contributed by atoms with Gasteiger partial charge in [-0.25, -0.2) is 0 Å². The Balaban J connectivity index is 1.44. The molecule has 0 aliphatic carbocycles. The van der Waals surface area contributed by atoms with Gasteiger partial charge in [-0.3, -0.25) is 14.5 Å². The summed E-state index contributed by atoms with van der Waals surface area (Å²) in [5.41, 5.74) is 5.48. The van der Waals surface area contributed by atoms with E-state index in [1.165, 1.54) is 17.0 Å². The molecule has 10 heteroatoms. The highest BCUT2D eigenvalue weighted by molar-refractivity contribution is 5.87. The van der Waals surface area contributed by atoms with E-state index in [1.807, 2.05) is 4.90 Å². The Morgan fingerprint density at radius 1 is 1.34 bits per heavy atom. The number of halogens is 3. The number of amides is 2. The molecule has 7 nitrogen and oxygen atoms in total. The molecule has 2 N–H and O–H groups in total. The number of likely N-dealkylation sites (tertiary alicyclic amines) is 3. The number of benzene rings is 1. The first-order chi connectivity index (χ1) is 15.1. The summed E-state index contributed by atoms with van der Waals surface area (Å²) in [5.74, 6) is -0.532. The van der Waals surface area contributed by atoms with Crippen LogP contribution in [0.2, 0.25) is 0 Å². The second-order valence-corrected chi connectivity index (χ2v) is 8.79. The molecule has 32 heavy (non-hydrogen) atoms. The van der Waals surface area contributed by atoms with E-state index in [1.54, 1.807) is 17.9 Å². The van der Waals surface area contributed by atoms with Gasteiger partial charge >= 0.3 is 6.18 Å². The van der Waals surface area contributed by atoms with Crippen molar-refractivity contribution in [1.29, 1.82) is 5.26 Å². The molecule has 3 fully saturated rings. The number of nitrogens with zero attached hydrogens (tertiary/aromatic N) is 4. The Morgan fingerprint density at radius 2 is 2.06 bits per heavy atom. The fourth-order valence-electron chi connectivity index (χ4n) is 5.38. The van der Waals surface area contributed by atoms with E-state index in [0.717, 1.165) is 12.5 Å². The molecule has 0 spiro atoms. The van der Waals surface area contributed by atoms with Gasteiger partial charge in [0.25, 0.3) is 0 Å². The summed E-state index contributed by atoms with van der Waals surface area (Å²) >= 11 is 0. The normalized spacial score (nSPS) is 27.6. The van der Waals surface area contributed by atoms with Crippen molar-refractivity contribution in [3.8, 4) is 6.07 Å². The van der Waals surface area contributed by atoms with Gasteiger partial charge in [-0.05, 0) is 37.8 Å². The predicted octanol–water partition coefficient (Wildman–Crippen LogP) is 1.89. The fourth-order valence-corrected chi connectivity index (χ4v) is 5.38. The summed E-state index contributed by atoms with van der Waals surface area (Å²) in [6.45, 7) is 2.76. The first kappa shape index (κ1) is 22.6. The third kappa shape index (κ3) is 3.84. The molecule has 3 aliphatic heterocycles. The summed E-state index contributed by atoms with van der Waals surface area (Å²) in [7, 11) is 0. The van der Waals surface area contributed by atoms with Crippen LogP contribution in [-0.2, 0) is 15.8 Å². The van der Waals surface area contributed by atoms with E-state index >= 15 is 0 Å². The van der Waals surface area contributed by atoms with E-state index in [4.69, 9.17) is 5.73 Å². The van der Waals surface area contributed by atoms with Crippen LogP contribution in [0.1, 0.15) is 43.4 Å². The number of rotatable bonds is 5. The molecule has 0 aromatic heterocycles. The van der Waals surface area contributed by atoms with Gasteiger partial charge in [-0.1, -0.05) is 18.2 Å². The number of nitriles is 1. The largest absolute Gasteiger partial charge is 0.416 e. The third-order valence-electron chi connectivity index (χ3n) is 6.88. The minimum absolute atomic E-state index is 0.0795. The maximum Gasteiger partial charge on any atom is 0.416 e. The zero-order valence-electron chi connectivity index (χ0n) is 17.8. The summed E-state index contributed by atoms with van der Waals surface area (Å²) in [6.07, 6.45) is -2.60. The van der Waals surface area contributed by atoms with Crippen molar-refractivity contribution in [2.45, 2.75) is 62.6 Å². The lowest BCUT2D eigenvalue weighted by Crippen LogP contribution is -2.56. The van der Waals surface area contributed by atoms with Crippen molar-refractivity contribution in [1.82, 2.24) is 14.7 Å². The second-order valence-electron chi connectivity index (χ2n) is 8.79. The number of fused-ring (bicyclic) bond motifs is 2. The second kappa shape index (κ2) is 8.37. The molecular formula is C22H26F3N5O2. The predicted molar refractivity (Wildman–Crippen MR) is 109 cm³/mol. The Hall–Kier alpha value is -2.64. The van der Waals surface area contributed by atoms with Crippen LogP contribution in [-0.4, -0.2) is 70.3 Å². The average molecular weight is 449 g/mol. The first-order valence-electron chi connectivity index (χ1n) is 10.8. The Labute approximate surface area is 184 Å². The topological polar surface area (TPSA) is 93.7 Å². The van der Waals surface area contributed by atoms with Gasteiger partial charge in [0.1, 0.15) is 6.04 Å². The Morgan fingerprint density at radius 3 is 2.72 bits per heavy atom. The van der Waals surface area contributed by atoms with Crippen molar-refractivity contribution in [3.05, 3.63) is 35.4 Å². The van der Waals surface area contributed by atoms with Crippen LogP contribution >= 0.6 is 0 Å². The summed E-state index contributed by atoms with van der Waals surface area (Å²) < 4.78 is 40.4. The van der Waals surface area contributed by atoms with Gasteiger partial charge in [-0.15, -0.1) is 0 Å². The highest BCUT2D eigenvalue weighted by Crippen LogP contribution is 2.41. The number of alkyl halides is 3. The maximum absolute atomic E-state index is 13.5. The standard InChI is InChI=1S/C22H26F3N5O2/c1-13(16-6-2-3-7-17(16)22(23,24)25)30-15-9-19(21(30)32)28(11-15)12-18(27)20(31)29-8-4-5-14(29)10-26/h2-3,6-7,13-15,18-19H,4-5,8-9,11-12,27H2,1H3/t13-,14+,15?,18+,19-/m1/s1. The Kier molecular flexibility index (Phi) is 5.90. The molecule has 4 rings (SSSR count). The van der Waals surface area contributed by atoms with Gasteiger partial charge in [0.15, 0.2) is 0 Å². The van der Waals surface area contributed by atoms with Crippen LogP contribution in [0.3, 0.4) is 0 Å². The zero-order chi connectivity index (χ0) is 23.2. The zero-order valence-corrected chi connectivity index (χ0v) is 17.8. The molecule has 5 atom stereocenters. The van der Waals surface area contributed by atoms with Crippen LogP contribution in [0.25, 0.3) is 0 Å². The van der Waals surface area contributed by atoms with E-state index in [-0.39, 0.29) is 30.0 Å². The number of hydrogen-bond donors (Lipinski definition) is 1. The quantitative estimate of drug-likeness (QED) is 0.741. The van der Waals surface area contributed by atoms with Crippen molar-refractivity contribution >= 4 is 11.8 Å².